The smallest absolute Gasteiger partial charge is 0.283 e. The topological polar surface area (TPSA) is 120 Å². The van der Waals surface area contributed by atoms with Crippen molar-refractivity contribution in [1.82, 2.24) is 15.5 Å². The highest BCUT2D eigenvalue weighted by Gasteiger charge is 2.17. The molecule has 0 unspecified atom stereocenters. The van der Waals surface area contributed by atoms with Gasteiger partial charge in [0, 0.05) is 6.07 Å². The molecule has 2 aromatic rings. The molecule has 0 radical (unpaired) electrons. The number of aryl methyl sites for hydroxylation is 1. The molecule has 8 heteroatoms. The summed E-state index contributed by atoms with van der Waals surface area (Å²) in [6, 6.07) is 1.56. The molecule has 2 aromatic heterocycles. The van der Waals surface area contributed by atoms with Gasteiger partial charge in [0.2, 0.25) is 11.5 Å². The van der Waals surface area contributed by atoms with Gasteiger partial charge in [-0.2, -0.15) is 0 Å². The van der Waals surface area contributed by atoms with Crippen LogP contribution in [0.4, 0.5) is 11.6 Å². The Morgan fingerprint density at radius 3 is 2.80 bits per heavy atom. The van der Waals surface area contributed by atoms with Crippen molar-refractivity contribution in [3.63, 3.8) is 0 Å². The minimum atomic E-state index is -0.554. The van der Waals surface area contributed by atoms with E-state index in [2.05, 4.69) is 25.4 Å². The summed E-state index contributed by atoms with van der Waals surface area (Å²) >= 11 is 0. The first-order valence-corrected chi connectivity index (χ1v) is 3.99. The van der Waals surface area contributed by atoms with Crippen LogP contribution in [0.1, 0.15) is 16.2 Å². The molecule has 15 heavy (non-hydrogen) atoms. The van der Waals surface area contributed by atoms with Crippen LogP contribution in [-0.4, -0.2) is 21.4 Å². The summed E-state index contributed by atoms with van der Waals surface area (Å²) in [7, 11) is 0. The number of nitrogen functional groups attached to an aromatic ring is 1. The fraction of sp³-hybridized carbons (Fsp3) is 0.143. The minimum Gasteiger partial charge on any atom is -0.379 e. The maximum Gasteiger partial charge on any atom is 0.283 e. The second-order valence-corrected chi connectivity index (χ2v) is 2.77. The summed E-state index contributed by atoms with van der Waals surface area (Å²) in [5.41, 5.74) is 5.24. The average Bonchev–Trinajstić information content (AvgIpc) is 2.75. The van der Waals surface area contributed by atoms with Crippen molar-refractivity contribution < 1.29 is 13.9 Å². The number of nitrogens with one attached hydrogen (secondary N) is 1. The zero-order chi connectivity index (χ0) is 10.8. The number of aromatic nitrogens is 3. The molecule has 3 N–H and O–H groups in total. The van der Waals surface area contributed by atoms with Crippen LogP contribution in [0.5, 0.6) is 0 Å². The van der Waals surface area contributed by atoms with Crippen molar-refractivity contribution in [2.45, 2.75) is 6.92 Å². The van der Waals surface area contributed by atoms with E-state index in [0.29, 0.717) is 5.76 Å². The standard InChI is InChI=1S/C7H7N5O3/c1-3-2-4(10-14-3)9-7(13)5-6(8)12-15-11-5/h2H,1H3,(H2,8,12)(H,9,10,13). The van der Waals surface area contributed by atoms with Gasteiger partial charge < -0.3 is 15.6 Å². The van der Waals surface area contributed by atoms with E-state index in [-0.39, 0.29) is 17.3 Å². The SMILES string of the molecule is Cc1cc(NC(=O)c2nonc2N)no1. The van der Waals surface area contributed by atoms with Crippen LogP contribution in [-0.2, 0) is 0 Å². The molecule has 0 bridgehead atoms. The van der Waals surface area contributed by atoms with Gasteiger partial charge in [0.05, 0.1) is 0 Å². The van der Waals surface area contributed by atoms with Crippen molar-refractivity contribution in [3.05, 3.63) is 17.5 Å². The lowest BCUT2D eigenvalue weighted by molar-refractivity contribution is 0.101. The first-order valence-electron chi connectivity index (χ1n) is 3.99. The molecule has 0 saturated heterocycles. The van der Waals surface area contributed by atoms with E-state index in [1.807, 2.05) is 0 Å². The number of anilines is 2. The molecule has 0 aliphatic heterocycles. The molecular weight excluding hydrogens is 202 g/mol. The molecule has 0 fully saturated rings. The Kier molecular flexibility index (Phi) is 2.08. The van der Waals surface area contributed by atoms with Gasteiger partial charge in [0.1, 0.15) is 5.76 Å². The molecule has 0 aromatic carbocycles. The molecule has 0 atom stereocenters. The van der Waals surface area contributed by atoms with Crippen molar-refractivity contribution >= 4 is 17.5 Å². The van der Waals surface area contributed by atoms with Gasteiger partial charge in [-0.3, -0.25) is 4.79 Å². The van der Waals surface area contributed by atoms with Gasteiger partial charge >= 0.3 is 0 Å². The third-order valence-electron chi connectivity index (χ3n) is 1.60. The zero-order valence-electron chi connectivity index (χ0n) is 7.72. The highest BCUT2D eigenvalue weighted by Crippen LogP contribution is 2.10. The largest absolute Gasteiger partial charge is 0.379 e. The number of carbonyl (C=O) groups excluding carboxylic acids is 1. The van der Waals surface area contributed by atoms with Crippen LogP contribution in [0.2, 0.25) is 0 Å². The van der Waals surface area contributed by atoms with Gasteiger partial charge in [0.15, 0.2) is 5.82 Å². The van der Waals surface area contributed by atoms with Crippen molar-refractivity contribution in [2.75, 3.05) is 11.1 Å². The summed E-state index contributed by atoms with van der Waals surface area (Å²) in [4.78, 5) is 11.5. The molecule has 1 amide bonds. The van der Waals surface area contributed by atoms with Gasteiger partial charge in [-0.25, -0.2) is 4.63 Å². The van der Waals surface area contributed by atoms with Crippen molar-refractivity contribution in [1.29, 1.82) is 0 Å². The zero-order valence-corrected chi connectivity index (χ0v) is 7.72. The van der Waals surface area contributed by atoms with Crippen molar-refractivity contribution in [3.8, 4) is 0 Å². The van der Waals surface area contributed by atoms with E-state index >= 15 is 0 Å². The molecule has 0 saturated carbocycles. The monoisotopic (exact) mass is 209 g/mol. The van der Waals surface area contributed by atoms with Crippen LogP contribution in [0.15, 0.2) is 15.2 Å². The van der Waals surface area contributed by atoms with Crippen LogP contribution in [0.25, 0.3) is 0 Å². The van der Waals surface area contributed by atoms with E-state index in [0.717, 1.165) is 0 Å². The summed E-state index contributed by atoms with van der Waals surface area (Å²) in [5.74, 6) is 0.228. The molecular formula is C7H7N5O3. The molecule has 2 heterocycles. The Hall–Kier alpha value is -2.38. The quantitative estimate of drug-likeness (QED) is 0.724. The van der Waals surface area contributed by atoms with E-state index in [4.69, 9.17) is 10.3 Å². The van der Waals surface area contributed by atoms with Crippen LogP contribution in [0.3, 0.4) is 0 Å². The van der Waals surface area contributed by atoms with Gasteiger partial charge in [-0.1, -0.05) is 5.16 Å². The lowest BCUT2D eigenvalue weighted by Gasteiger charge is -1.95. The summed E-state index contributed by atoms with van der Waals surface area (Å²) in [6.07, 6.45) is 0. The highest BCUT2D eigenvalue weighted by atomic mass is 16.6. The Morgan fingerprint density at radius 1 is 1.47 bits per heavy atom. The van der Waals surface area contributed by atoms with Gasteiger partial charge in [-0.15, -0.1) is 0 Å². The lowest BCUT2D eigenvalue weighted by Crippen LogP contribution is -2.14. The van der Waals surface area contributed by atoms with Crippen LogP contribution in [0, 0.1) is 6.92 Å². The maximum atomic E-state index is 11.5. The third kappa shape index (κ3) is 1.77. The number of nitrogens with zero attached hydrogens (tertiary/aromatic N) is 3. The number of carbonyl (C=O) groups is 1. The Bertz CT molecular complexity index is 488. The Morgan fingerprint density at radius 2 is 2.27 bits per heavy atom. The van der Waals surface area contributed by atoms with E-state index in [9.17, 15) is 4.79 Å². The van der Waals surface area contributed by atoms with E-state index < -0.39 is 5.91 Å². The number of hydrogen-bond donors (Lipinski definition) is 2. The minimum absolute atomic E-state index is 0.0762. The van der Waals surface area contributed by atoms with Gasteiger partial charge in [0.25, 0.3) is 5.91 Å². The fourth-order valence-corrected chi connectivity index (χ4v) is 0.954. The molecule has 78 valence electrons. The molecule has 8 nitrogen and oxygen atoms in total. The molecule has 0 aliphatic rings. The second-order valence-electron chi connectivity index (χ2n) is 2.77. The fourth-order valence-electron chi connectivity index (χ4n) is 0.954. The van der Waals surface area contributed by atoms with Crippen molar-refractivity contribution in [2.24, 2.45) is 0 Å². The Labute approximate surface area is 83.4 Å². The number of amides is 1. The summed E-state index contributed by atoms with van der Waals surface area (Å²) in [6.45, 7) is 1.70. The summed E-state index contributed by atoms with van der Waals surface area (Å²) < 4.78 is 9.04. The number of rotatable bonds is 2. The van der Waals surface area contributed by atoms with E-state index in [1.165, 1.54) is 0 Å². The average molecular weight is 209 g/mol. The normalized spacial score (nSPS) is 10.2. The molecule has 2 rings (SSSR count). The third-order valence-corrected chi connectivity index (χ3v) is 1.60. The van der Waals surface area contributed by atoms with Crippen LogP contribution < -0.4 is 11.1 Å². The predicted molar refractivity (Wildman–Crippen MR) is 47.9 cm³/mol. The van der Waals surface area contributed by atoms with Crippen LogP contribution >= 0.6 is 0 Å². The molecule has 0 spiro atoms. The number of hydrogen-bond acceptors (Lipinski definition) is 7. The summed E-state index contributed by atoms with van der Waals surface area (Å²) in [5, 5.41) is 12.6. The first kappa shape index (κ1) is 9.19. The van der Waals surface area contributed by atoms with E-state index in [1.54, 1.807) is 13.0 Å². The highest BCUT2D eigenvalue weighted by molar-refractivity contribution is 6.04. The number of nitrogens with two attached hydrogens (primary N) is 1. The Balaban J connectivity index is 2.14. The first-order chi connectivity index (χ1) is 7.16. The van der Waals surface area contributed by atoms with Gasteiger partial charge in [-0.05, 0) is 17.2 Å². The predicted octanol–water partition coefficient (Wildman–Crippen LogP) is 0.201. The second kappa shape index (κ2) is 3.40. The lowest BCUT2D eigenvalue weighted by atomic mass is 10.4. The molecule has 0 aliphatic carbocycles. The maximum absolute atomic E-state index is 11.5.